The monoisotopic (exact) mass is 218 g/mol. The van der Waals surface area contributed by atoms with Gasteiger partial charge in [0.25, 0.3) is 5.69 Å². The second kappa shape index (κ2) is 4.09. The van der Waals surface area contributed by atoms with E-state index in [0.29, 0.717) is 12.1 Å². The molecule has 0 aliphatic carbocycles. The molecule has 1 aromatic heterocycles. The van der Waals surface area contributed by atoms with Crippen molar-refractivity contribution in [2.45, 2.75) is 13.5 Å². The molecule has 0 N–H and O–H groups in total. The third-order valence-corrected chi connectivity index (χ3v) is 2.42. The Bertz CT molecular complexity index is 508. The average molecular weight is 218 g/mol. The van der Waals surface area contributed by atoms with Crippen LogP contribution in [-0.4, -0.2) is 19.9 Å². The molecule has 0 radical (unpaired) electrons. The standard InChI is InChI=1S/C10H10N4O2/c1-8-9(7-13-6-5-11-12-13)3-2-4-10(8)14(15)16/h2-6H,7H2,1H3. The molecule has 16 heavy (non-hydrogen) atoms. The van der Waals surface area contributed by atoms with Crippen molar-refractivity contribution in [2.24, 2.45) is 0 Å². The molecule has 0 aliphatic heterocycles. The summed E-state index contributed by atoms with van der Waals surface area (Å²) in [6, 6.07) is 5.03. The second-order valence-electron chi connectivity index (χ2n) is 3.42. The molecule has 2 rings (SSSR count). The zero-order valence-corrected chi connectivity index (χ0v) is 8.70. The van der Waals surface area contributed by atoms with Crippen molar-refractivity contribution in [1.29, 1.82) is 0 Å². The van der Waals surface area contributed by atoms with Gasteiger partial charge in [-0.1, -0.05) is 17.3 Å². The summed E-state index contributed by atoms with van der Waals surface area (Å²) in [5.74, 6) is 0. The van der Waals surface area contributed by atoms with Gasteiger partial charge in [0.15, 0.2) is 0 Å². The van der Waals surface area contributed by atoms with Gasteiger partial charge in [-0.25, -0.2) is 4.68 Å². The van der Waals surface area contributed by atoms with Crippen LogP contribution in [-0.2, 0) is 6.54 Å². The highest BCUT2D eigenvalue weighted by molar-refractivity contribution is 5.44. The molecule has 0 saturated heterocycles. The summed E-state index contributed by atoms with van der Waals surface area (Å²) in [7, 11) is 0. The molecule has 82 valence electrons. The molecule has 0 atom stereocenters. The lowest BCUT2D eigenvalue weighted by Crippen LogP contribution is -2.04. The van der Waals surface area contributed by atoms with E-state index in [0.717, 1.165) is 5.56 Å². The highest BCUT2D eigenvalue weighted by atomic mass is 16.6. The molecule has 2 aromatic rings. The van der Waals surface area contributed by atoms with Crippen molar-refractivity contribution < 1.29 is 4.92 Å². The van der Waals surface area contributed by atoms with E-state index in [2.05, 4.69) is 10.3 Å². The highest BCUT2D eigenvalue weighted by Crippen LogP contribution is 2.21. The van der Waals surface area contributed by atoms with Gasteiger partial charge in [-0.05, 0) is 12.5 Å². The highest BCUT2D eigenvalue weighted by Gasteiger charge is 2.13. The Balaban J connectivity index is 2.35. The van der Waals surface area contributed by atoms with Crippen LogP contribution in [0.25, 0.3) is 0 Å². The van der Waals surface area contributed by atoms with Gasteiger partial charge in [0, 0.05) is 17.8 Å². The molecular weight excluding hydrogens is 208 g/mol. The Kier molecular flexibility index (Phi) is 2.63. The molecule has 0 saturated carbocycles. The fourth-order valence-electron chi connectivity index (χ4n) is 1.53. The summed E-state index contributed by atoms with van der Waals surface area (Å²) in [5.41, 5.74) is 1.68. The minimum atomic E-state index is -0.375. The topological polar surface area (TPSA) is 73.8 Å². The van der Waals surface area contributed by atoms with Crippen molar-refractivity contribution in [2.75, 3.05) is 0 Å². The van der Waals surface area contributed by atoms with Gasteiger partial charge < -0.3 is 0 Å². The Labute approximate surface area is 91.7 Å². The normalized spacial score (nSPS) is 10.3. The third-order valence-electron chi connectivity index (χ3n) is 2.42. The maximum atomic E-state index is 10.7. The summed E-state index contributed by atoms with van der Waals surface area (Å²) in [4.78, 5) is 10.4. The first-order chi connectivity index (χ1) is 7.68. The zero-order valence-electron chi connectivity index (χ0n) is 8.70. The largest absolute Gasteiger partial charge is 0.272 e. The van der Waals surface area contributed by atoms with E-state index in [1.807, 2.05) is 6.07 Å². The van der Waals surface area contributed by atoms with E-state index >= 15 is 0 Å². The van der Waals surface area contributed by atoms with Gasteiger partial charge in [-0.15, -0.1) is 5.10 Å². The molecule has 1 heterocycles. The molecule has 0 fully saturated rings. The summed E-state index contributed by atoms with van der Waals surface area (Å²) in [6.45, 7) is 2.23. The average Bonchev–Trinajstić information content (AvgIpc) is 2.73. The van der Waals surface area contributed by atoms with Crippen LogP contribution in [0.5, 0.6) is 0 Å². The van der Waals surface area contributed by atoms with Crippen molar-refractivity contribution in [3.63, 3.8) is 0 Å². The van der Waals surface area contributed by atoms with Crippen molar-refractivity contribution in [3.05, 3.63) is 51.8 Å². The van der Waals surface area contributed by atoms with E-state index < -0.39 is 0 Å². The van der Waals surface area contributed by atoms with Crippen LogP contribution < -0.4 is 0 Å². The lowest BCUT2D eigenvalue weighted by atomic mass is 10.1. The SMILES string of the molecule is Cc1c(Cn2ccnn2)cccc1[N+](=O)[O-]. The van der Waals surface area contributed by atoms with E-state index in [-0.39, 0.29) is 10.6 Å². The molecule has 0 unspecified atom stereocenters. The minimum absolute atomic E-state index is 0.137. The lowest BCUT2D eigenvalue weighted by Gasteiger charge is -2.05. The predicted octanol–water partition coefficient (Wildman–Crippen LogP) is 1.54. The van der Waals surface area contributed by atoms with E-state index in [1.54, 1.807) is 30.1 Å². The molecule has 6 heteroatoms. The first kappa shape index (κ1) is 10.3. The van der Waals surface area contributed by atoms with Crippen molar-refractivity contribution in [3.8, 4) is 0 Å². The van der Waals surface area contributed by atoms with Gasteiger partial charge in [0.05, 0.1) is 17.7 Å². The summed E-state index contributed by atoms with van der Waals surface area (Å²) in [6.07, 6.45) is 3.30. The van der Waals surface area contributed by atoms with Gasteiger partial charge in [0.1, 0.15) is 0 Å². The molecule has 0 spiro atoms. The number of rotatable bonds is 3. The fourth-order valence-corrected chi connectivity index (χ4v) is 1.53. The van der Waals surface area contributed by atoms with Gasteiger partial charge in [-0.2, -0.15) is 0 Å². The number of nitro benzene ring substituents is 1. The number of hydrogen-bond donors (Lipinski definition) is 0. The predicted molar refractivity (Wildman–Crippen MR) is 57.0 cm³/mol. The van der Waals surface area contributed by atoms with E-state index in [9.17, 15) is 10.1 Å². The van der Waals surface area contributed by atoms with E-state index in [1.165, 1.54) is 6.07 Å². The first-order valence-electron chi connectivity index (χ1n) is 4.75. The van der Waals surface area contributed by atoms with Gasteiger partial charge >= 0.3 is 0 Å². The summed E-state index contributed by atoms with van der Waals surface area (Å²) in [5, 5.41) is 18.3. The first-order valence-corrected chi connectivity index (χ1v) is 4.75. The molecule has 6 nitrogen and oxygen atoms in total. The molecular formula is C10H10N4O2. The van der Waals surface area contributed by atoms with Crippen LogP contribution in [0.4, 0.5) is 5.69 Å². The Morgan fingerprint density at radius 2 is 2.31 bits per heavy atom. The fraction of sp³-hybridized carbons (Fsp3) is 0.200. The quantitative estimate of drug-likeness (QED) is 0.578. The summed E-state index contributed by atoms with van der Waals surface area (Å²) >= 11 is 0. The minimum Gasteiger partial charge on any atom is -0.258 e. The molecule has 0 amide bonds. The van der Waals surface area contributed by atoms with Crippen LogP contribution >= 0.6 is 0 Å². The zero-order chi connectivity index (χ0) is 11.5. The number of hydrogen-bond acceptors (Lipinski definition) is 4. The molecule has 0 aliphatic rings. The third kappa shape index (κ3) is 1.90. The van der Waals surface area contributed by atoms with Crippen LogP contribution in [0.1, 0.15) is 11.1 Å². The lowest BCUT2D eigenvalue weighted by molar-refractivity contribution is -0.385. The van der Waals surface area contributed by atoms with E-state index in [4.69, 9.17) is 0 Å². The van der Waals surface area contributed by atoms with Crippen LogP contribution in [0.3, 0.4) is 0 Å². The van der Waals surface area contributed by atoms with Gasteiger partial charge in [0.2, 0.25) is 0 Å². The Morgan fingerprint density at radius 3 is 2.94 bits per heavy atom. The van der Waals surface area contributed by atoms with Crippen LogP contribution in [0, 0.1) is 17.0 Å². The maximum absolute atomic E-state index is 10.7. The second-order valence-corrected chi connectivity index (χ2v) is 3.42. The Hall–Kier alpha value is -2.24. The number of benzene rings is 1. The number of nitro groups is 1. The molecule has 0 bridgehead atoms. The van der Waals surface area contributed by atoms with Crippen LogP contribution in [0.15, 0.2) is 30.6 Å². The number of aromatic nitrogens is 3. The van der Waals surface area contributed by atoms with Crippen LogP contribution in [0.2, 0.25) is 0 Å². The number of nitrogens with zero attached hydrogens (tertiary/aromatic N) is 4. The maximum Gasteiger partial charge on any atom is 0.272 e. The van der Waals surface area contributed by atoms with Crippen molar-refractivity contribution >= 4 is 5.69 Å². The van der Waals surface area contributed by atoms with Crippen molar-refractivity contribution in [1.82, 2.24) is 15.0 Å². The smallest absolute Gasteiger partial charge is 0.258 e. The summed E-state index contributed by atoms with van der Waals surface area (Å²) < 4.78 is 1.63. The molecule has 1 aromatic carbocycles. The van der Waals surface area contributed by atoms with Gasteiger partial charge in [-0.3, -0.25) is 10.1 Å². The Morgan fingerprint density at radius 1 is 1.50 bits per heavy atom.